The predicted molar refractivity (Wildman–Crippen MR) is 98.1 cm³/mol. The van der Waals surface area contributed by atoms with Crippen molar-refractivity contribution in [3.05, 3.63) is 30.5 Å². The van der Waals surface area contributed by atoms with Gasteiger partial charge in [0.05, 0.1) is 7.11 Å². The van der Waals surface area contributed by atoms with E-state index in [1.165, 1.54) is 0 Å². The standard InChI is InChI=1S/C19H25N3O3/c1-19(2,3)25-18(23)22-11-9-13(12-22)21-15-8-10-20-17-14(15)6-5-7-16(17)24-4/h5-8,10,13H,9,11-12H2,1-4H3,(H,20,21). The molecule has 1 fully saturated rings. The van der Waals surface area contributed by atoms with E-state index in [1.807, 2.05) is 45.0 Å². The van der Waals surface area contributed by atoms with Gasteiger partial charge in [0.2, 0.25) is 0 Å². The van der Waals surface area contributed by atoms with E-state index in [-0.39, 0.29) is 12.1 Å². The second-order valence-corrected chi connectivity index (χ2v) is 7.27. The summed E-state index contributed by atoms with van der Waals surface area (Å²) in [5.74, 6) is 0.753. The summed E-state index contributed by atoms with van der Waals surface area (Å²) in [6, 6.07) is 8.02. The predicted octanol–water partition coefficient (Wildman–Crippen LogP) is 3.66. The molecular formula is C19H25N3O3. The summed E-state index contributed by atoms with van der Waals surface area (Å²) in [7, 11) is 1.65. The van der Waals surface area contributed by atoms with E-state index in [9.17, 15) is 4.79 Å². The van der Waals surface area contributed by atoms with Crippen LogP contribution in [0.1, 0.15) is 27.2 Å². The summed E-state index contributed by atoms with van der Waals surface area (Å²) >= 11 is 0. The Morgan fingerprint density at radius 3 is 2.84 bits per heavy atom. The van der Waals surface area contributed by atoms with Crippen molar-refractivity contribution in [2.24, 2.45) is 0 Å². The molecule has 1 aromatic heterocycles. The molecule has 0 radical (unpaired) electrons. The lowest BCUT2D eigenvalue weighted by Gasteiger charge is -2.24. The van der Waals surface area contributed by atoms with E-state index < -0.39 is 5.60 Å². The SMILES string of the molecule is COc1cccc2c(NC3CCN(C(=O)OC(C)(C)C)C3)ccnc12. The number of nitrogens with zero attached hydrogens (tertiary/aromatic N) is 2. The highest BCUT2D eigenvalue weighted by Gasteiger charge is 2.29. The third kappa shape index (κ3) is 3.95. The van der Waals surface area contributed by atoms with Crippen molar-refractivity contribution in [2.75, 3.05) is 25.5 Å². The number of amides is 1. The Bertz CT molecular complexity index is 770. The van der Waals surface area contributed by atoms with Gasteiger partial charge in [-0.15, -0.1) is 0 Å². The molecule has 0 spiro atoms. The Morgan fingerprint density at radius 1 is 1.32 bits per heavy atom. The van der Waals surface area contributed by atoms with Gasteiger partial charge in [0.25, 0.3) is 0 Å². The Balaban J connectivity index is 1.72. The molecule has 0 aliphatic carbocycles. The number of fused-ring (bicyclic) bond motifs is 1. The molecule has 1 aliphatic heterocycles. The first-order chi connectivity index (χ1) is 11.9. The van der Waals surface area contributed by atoms with Crippen molar-refractivity contribution in [1.82, 2.24) is 9.88 Å². The molecule has 1 N–H and O–H groups in total. The molecule has 1 aromatic carbocycles. The highest BCUT2D eigenvalue weighted by molar-refractivity contribution is 5.94. The molecule has 2 heterocycles. The Morgan fingerprint density at radius 2 is 2.12 bits per heavy atom. The summed E-state index contributed by atoms with van der Waals surface area (Å²) in [5.41, 5.74) is 1.36. The fourth-order valence-corrected chi connectivity index (χ4v) is 3.03. The number of carbonyl (C=O) groups excluding carboxylic acids is 1. The van der Waals surface area contributed by atoms with E-state index in [4.69, 9.17) is 9.47 Å². The van der Waals surface area contributed by atoms with Gasteiger partial charge in [0, 0.05) is 36.4 Å². The van der Waals surface area contributed by atoms with Crippen molar-refractivity contribution in [3.63, 3.8) is 0 Å². The number of rotatable bonds is 3. The Kier molecular flexibility index (Phi) is 4.70. The minimum atomic E-state index is -0.472. The summed E-state index contributed by atoms with van der Waals surface area (Å²) < 4.78 is 10.8. The summed E-state index contributed by atoms with van der Waals surface area (Å²) in [5, 5.41) is 4.55. The minimum Gasteiger partial charge on any atom is -0.494 e. The van der Waals surface area contributed by atoms with Gasteiger partial charge in [-0.1, -0.05) is 12.1 Å². The van der Waals surface area contributed by atoms with Gasteiger partial charge >= 0.3 is 6.09 Å². The highest BCUT2D eigenvalue weighted by atomic mass is 16.6. The zero-order valence-corrected chi connectivity index (χ0v) is 15.2. The molecule has 1 aliphatic rings. The molecule has 1 unspecified atom stereocenters. The molecular weight excluding hydrogens is 318 g/mol. The van der Waals surface area contributed by atoms with Crippen LogP contribution in [0.25, 0.3) is 10.9 Å². The van der Waals surface area contributed by atoms with E-state index in [0.717, 1.165) is 28.8 Å². The number of methoxy groups -OCH3 is 1. The zero-order chi connectivity index (χ0) is 18.0. The lowest BCUT2D eigenvalue weighted by Crippen LogP contribution is -2.36. The first-order valence-electron chi connectivity index (χ1n) is 8.53. The van der Waals surface area contributed by atoms with Crippen LogP contribution in [-0.2, 0) is 4.74 Å². The van der Waals surface area contributed by atoms with Crippen LogP contribution in [0.15, 0.2) is 30.5 Å². The number of benzene rings is 1. The molecule has 25 heavy (non-hydrogen) atoms. The topological polar surface area (TPSA) is 63.7 Å². The second-order valence-electron chi connectivity index (χ2n) is 7.27. The fraction of sp³-hybridized carbons (Fsp3) is 0.474. The molecule has 6 heteroatoms. The number of nitrogens with one attached hydrogen (secondary N) is 1. The maximum absolute atomic E-state index is 12.2. The normalized spacial score (nSPS) is 17.6. The summed E-state index contributed by atoms with van der Waals surface area (Å²) in [6.45, 7) is 6.97. The van der Waals surface area contributed by atoms with E-state index in [1.54, 1.807) is 18.2 Å². The molecule has 2 aromatic rings. The van der Waals surface area contributed by atoms with Crippen molar-refractivity contribution < 1.29 is 14.3 Å². The van der Waals surface area contributed by atoms with Crippen LogP contribution in [-0.4, -0.2) is 47.8 Å². The lowest BCUT2D eigenvalue weighted by atomic mass is 10.1. The van der Waals surface area contributed by atoms with Gasteiger partial charge in [-0.2, -0.15) is 0 Å². The zero-order valence-electron chi connectivity index (χ0n) is 15.2. The quantitative estimate of drug-likeness (QED) is 0.921. The smallest absolute Gasteiger partial charge is 0.410 e. The van der Waals surface area contributed by atoms with Gasteiger partial charge in [-0.05, 0) is 39.3 Å². The van der Waals surface area contributed by atoms with Gasteiger partial charge in [0.15, 0.2) is 0 Å². The second kappa shape index (κ2) is 6.78. The number of para-hydroxylation sites is 1. The van der Waals surface area contributed by atoms with Crippen LogP contribution in [0.5, 0.6) is 5.75 Å². The maximum Gasteiger partial charge on any atom is 0.410 e. The molecule has 0 saturated carbocycles. The van der Waals surface area contributed by atoms with Gasteiger partial charge in [-0.3, -0.25) is 4.98 Å². The van der Waals surface area contributed by atoms with E-state index >= 15 is 0 Å². The third-order valence-corrected chi connectivity index (χ3v) is 4.15. The first-order valence-corrected chi connectivity index (χ1v) is 8.53. The van der Waals surface area contributed by atoms with Crippen LogP contribution in [0.3, 0.4) is 0 Å². The average Bonchev–Trinajstić information content (AvgIpc) is 3.02. The molecule has 6 nitrogen and oxygen atoms in total. The fourth-order valence-electron chi connectivity index (χ4n) is 3.03. The van der Waals surface area contributed by atoms with Crippen LogP contribution >= 0.6 is 0 Å². The highest BCUT2D eigenvalue weighted by Crippen LogP contribution is 2.30. The lowest BCUT2D eigenvalue weighted by molar-refractivity contribution is 0.0293. The van der Waals surface area contributed by atoms with E-state index in [0.29, 0.717) is 13.1 Å². The number of hydrogen-bond acceptors (Lipinski definition) is 5. The number of carbonyl (C=O) groups is 1. The van der Waals surface area contributed by atoms with Crippen molar-refractivity contribution in [1.29, 1.82) is 0 Å². The monoisotopic (exact) mass is 343 g/mol. The minimum absolute atomic E-state index is 0.185. The van der Waals surface area contributed by atoms with Crippen molar-refractivity contribution in [2.45, 2.75) is 38.8 Å². The van der Waals surface area contributed by atoms with Crippen LogP contribution in [0, 0.1) is 0 Å². The van der Waals surface area contributed by atoms with E-state index in [2.05, 4.69) is 10.3 Å². The number of anilines is 1. The molecule has 134 valence electrons. The molecule has 0 bridgehead atoms. The number of ether oxygens (including phenoxy) is 2. The van der Waals surface area contributed by atoms with Crippen molar-refractivity contribution in [3.8, 4) is 5.75 Å². The summed E-state index contributed by atoms with van der Waals surface area (Å²) in [6.07, 6.45) is 2.40. The molecule has 1 amide bonds. The van der Waals surface area contributed by atoms with Gasteiger partial charge < -0.3 is 19.7 Å². The molecule has 1 atom stereocenters. The van der Waals surface area contributed by atoms with Gasteiger partial charge in [-0.25, -0.2) is 4.79 Å². The van der Waals surface area contributed by atoms with Crippen LogP contribution in [0.2, 0.25) is 0 Å². The molecule has 3 rings (SSSR count). The number of hydrogen-bond donors (Lipinski definition) is 1. The third-order valence-electron chi connectivity index (χ3n) is 4.15. The Hall–Kier alpha value is -2.50. The van der Waals surface area contributed by atoms with Crippen LogP contribution in [0.4, 0.5) is 10.5 Å². The van der Waals surface area contributed by atoms with Gasteiger partial charge in [0.1, 0.15) is 16.9 Å². The number of likely N-dealkylation sites (tertiary alicyclic amines) is 1. The van der Waals surface area contributed by atoms with Crippen LogP contribution < -0.4 is 10.1 Å². The average molecular weight is 343 g/mol. The number of pyridine rings is 1. The maximum atomic E-state index is 12.2. The summed E-state index contributed by atoms with van der Waals surface area (Å²) in [4.78, 5) is 18.4. The Labute approximate surface area is 148 Å². The van der Waals surface area contributed by atoms with Crippen molar-refractivity contribution >= 4 is 22.7 Å². The molecule has 1 saturated heterocycles. The largest absolute Gasteiger partial charge is 0.494 e. The first kappa shape index (κ1) is 17.3. The number of aromatic nitrogens is 1.